The van der Waals surface area contributed by atoms with E-state index in [1.54, 1.807) is 12.1 Å². The Balaban J connectivity index is 2.00. The molecule has 0 N–H and O–H groups in total. The molecule has 0 amide bonds. The lowest BCUT2D eigenvalue weighted by atomic mass is 10.1. The summed E-state index contributed by atoms with van der Waals surface area (Å²) < 4.78 is 32.5. The molecule has 1 aromatic heterocycles. The first-order valence-corrected chi connectivity index (χ1v) is 10.7. The van der Waals surface area contributed by atoms with Crippen molar-refractivity contribution in [3.63, 3.8) is 0 Å². The SMILES string of the molecule is CCn1/c(=N\S(=O)(=O)c2ccc(Cl)cc2)sc2c3ccccc3ccc21. The van der Waals surface area contributed by atoms with Crippen LogP contribution in [0.2, 0.25) is 5.02 Å². The molecule has 3 aromatic carbocycles. The summed E-state index contributed by atoms with van der Waals surface area (Å²) in [5.41, 5.74) is 0.987. The third-order valence-corrected chi connectivity index (χ3v) is 6.98. The summed E-state index contributed by atoms with van der Waals surface area (Å²) in [6.07, 6.45) is 0. The number of nitrogens with zero attached hydrogens (tertiary/aromatic N) is 2. The summed E-state index contributed by atoms with van der Waals surface area (Å²) in [5, 5.41) is 2.71. The van der Waals surface area contributed by atoms with E-state index in [1.165, 1.54) is 23.5 Å². The standard InChI is InChI=1S/C19H15ClN2O2S2/c1-2-22-17-12-7-13-5-3-4-6-16(13)18(17)25-19(22)21-26(23,24)15-10-8-14(20)9-11-15/h3-12H,2H2,1H3/b21-19+. The van der Waals surface area contributed by atoms with Gasteiger partial charge >= 0.3 is 0 Å². The lowest BCUT2D eigenvalue weighted by Crippen LogP contribution is -2.16. The van der Waals surface area contributed by atoms with Gasteiger partial charge in [-0.3, -0.25) is 0 Å². The summed E-state index contributed by atoms with van der Waals surface area (Å²) in [5.74, 6) is 0. The molecular formula is C19H15ClN2O2S2. The molecule has 4 nitrogen and oxygen atoms in total. The Bertz CT molecular complexity index is 1290. The van der Waals surface area contributed by atoms with Gasteiger partial charge in [-0.1, -0.05) is 53.3 Å². The van der Waals surface area contributed by atoms with Crippen LogP contribution in [0, 0.1) is 0 Å². The van der Waals surface area contributed by atoms with Gasteiger partial charge in [-0.15, -0.1) is 4.40 Å². The molecule has 0 aliphatic rings. The lowest BCUT2D eigenvalue weighted by Gasteiger charge is -2.02. The molecule has 7 heteroatoms. The Kier molecular flexibility index (Phi) is 4.34. The van der Waals surface area contributed by atoms with Crippen LogP contribution < -0.4 is 4.80 Å². The number of fused-ring (bicyclic) bond motifs is 3. The summed E-state index contributed by atoms with van der Waals surface area (Å²) in [4.78, 5) is 0.598. The number of rotatable bonds is 3. The Hall–Kier alpha value is -2.15. The normalized spacial score (nSPS) is 12.9. The summed E-state index contributed by atoms with van der Waals surface area (Å²) in [7, 11) is -3.81. The highest BCUT2D eigenvalue weighted by atomic mass is 35.5. The minimum absolute atomic E-state index is 0.131. The molecule has 132 valence electrons. The van der Waals surface area contributed by atoms with Crippen LogP contribution in [0.5, 0.6) is 0 Å². The van der Waals surface area contributed by atoms with Gasteiger partial charge in [0.05, 0.1) is 15.1 Å². The number of aryl methyl sites for hydroxylation is 1. The Morgan fingerprint density at radius 2 is 1.77 bits per heavy atom. The lowest BCUT2D eigenvalue weighted by molar-refractivity contribution is 0.595. The number of hydrogen-bond acceptors (Lipinski definition) is 3. The van der Waals surface area contributed by atoms with Crippen molar-refractivity contribution in [1.29, 1.82) is 0 Å². The van der Waals surface area contributed by atoms with Crippen molar-refractivity contribution in [3.8, 4) is 0 Å². The Labute approximate surface area is 160 Å². The van der Waals surface area contributed by atoms with E-state index in [-0.39, 0.29) is 4.90 Å². The second-order valence-corrected chi connectivity index (χ2v) is 8.80. The number of thiazole rings is 1. The summed E-state index contributed by atoms with van der Waals surface area (Å²) in [6, 6.07) is 18.2. The van der Waals surface area contributed by atoms with Gasteiger partial charge in [-0.05, 0) is 42.6 Å². The smallest absolute Gasteiger partial charge is 0.285 e. The highest BCUT2D eigenvalue weighted by Gasteiger charge is 2.15. The van der Waals surface area contributed by atoms with Crippen molar-refractivity contribution < 1.29 is 8.42 Å². The van der Waals surface area contributed by atoms with Crippen LogP contribution in [0.1, 0.15) is 6.92 Å². The van der Waals surface area contributed by atoms with Gasteiger partial charge in [0.1, 0.15) is 0 Å². The van der Waals surface area contributed by atoms with E-state index in [0.29, 0.717) is 16.4 Å². The van der Waals surface area contributed by atoms with Gasteiger partial charge in [-0.25, -0.2) is 0 Å². The molecule has 26 heavy (non-hydrogen) atoms. The topological polar surface area (TPSA) is 51.4 Å². The molecule has 0 radical (unpaired) electrons. The van der Waals surface area contributed by atoms with Gasteiger partial charge < -0.3 is 4.57 Å². The first-order chi connectivity index (χ1) is 12.5. The summed E-state index contributed by atoms with van der Waals surface area (Å²) >= 11 is 7.24. The fourth-order valence-electron chi connectivity index (χ4n) is 2.94. The molecule has 0 atom stereocenters. The Morgan fingerprint density at radius 1 is 1.04 bits per heavy atom. The quantitative estimate of drug-likeness (QED) is 0.493. The fraction of sp³-hybridized carbons (Fsp3) is 0.105. The van der Waals surface area contributed by atoms with E-state index >= 15 is 0 Å². The van der Waals surface area contributed by atoms with Gasteiger partial charge in [0.2, 0.25) is 4.80 Å². The Morgan fingerprint density at radius 3 is 2.50 bits per heavy atom. The second-order valence-electron chi connectivity index (χ2n) is 5.78. The maximum atomic E-state index is 12.7. The monoisotopic (exact) mass is 402 g/mol. The first-order valence-electron chi connectivity index (χ1n) is 8.07. The number of benzene rings is 3. The van der Waals surface area contributed by atoms with E-state index in [4.69, 9.17) is 11.6 Å². The van der Waals surface area contributed by atoms with Crippen LogP contribution in [0.3, 0.4) is 0 Å². The van der Waals surface area contributed by atoms with E-state index < -0.39 is 10.0 Å². The zero-order valence-electron chi connectivity index (χ0n) is 13.9. The molecular weight excluding hydrogens is 388 g/mol. The molecule has 1 heterocycles. The van der Waals surface area contributed by atoms with Crippen molar-refractivity contribution in [2.75, 3.05) is 0 Å². The largest absolute Gasteiger partial charge is 0.316 e. The second kappa shape index (κ2) is 6.54. The third-order valence-electron chi connectivity index (χ3n) is 4.20. The molecule has 4 rings (SSSR count). The number of sulfonamides is 1. The van der Waals surface area contributed by atoms with Crippen LogP contribution in [-0.2, 0) is 16.6 Å². The summed E-state index contributed by atoms with van der Waals surface area (Å²) in [6.45, 7) is 2.61. The molecule has 0 saturated heterocycles. The fourth-order valence-corrected chi connectivity index (χ4v) is 5.49. The maximum Gasteiger partial charge on any atom is 0.285 e. The molecule has 0 spiro atoms. The van der Waals surface area contributed by atoms with Crippen LogP contribution in [-0.4, -0.2) is 13.0 Å². The van der Waals surface area contributed by atoms with E-state index in [0.717, 1.165) is 21.0 Å². The molecule has 0 unspecified atom stereocenters. The van der Waals surface area contributed by atoms with Crippen molar-refractivity contribution in [3.05, 3.63) is 70.5 Å². The maximum absolute atomic E-state index is 12.7. The minimum Gasteiger partial charge on any atom is -0.316 e. The average Bonchev–Trinajstić information content (AvgIpc) is 2.98. The van der Waals surface area contributed by atoms with Crippen LogP contribution in [0.25, 0.3) is 21.0 Å². The molecule has 4 aromatic rings. The number of aromatic nitrogens is 1. The van der Waals surface area contributed by atoms with Gasteiger partial charge in [0.25, 0.3) is 10.0 Å². The van der Waals surface area contributed by atoms with E-state index in [1.807, 2.05) is 47.9 Å². The third kappa shape index (κ3) is 2.94. The average molecular weight is 403 g/mol. The van der Waals surface area contributed by atoms with E-state index in [9.17, 15) is 8.42 Å². The number of hydrogen-bond donors (Lipinski definition) is 0. The van der Waals surface area contributed by atoms with Crippen molar-refractivity contribution in [2.45, 2.75) is 18.4 Å². The van der Waals surface area contributed by atoms with Crippen molar-refractivity contribution >= 4 is 54.0 Å². The van der Waals surface area contributed by atoms with Gasteiger partial charge in [0, 0.05) is 17.0 Å². The molecule has 0 fully saturated rings. The highest BCUT2D eigenvalue weighted by Crippen LogP contribution is 2.28. The van der Waals surface area contributed by atoms with Crippen molar-refractivity contribution in [2.24, 2.45) is 4.40 Å². The van der Waals surface area contributed by atoms with Crippen molar-refractivity contribution in [1.82, 2.24) is 4.57 Å². The van der Waals surface area contributed by atoms with E-state index in [2.05, 4.69) is 4.40 Å². The minimum atomic E-state index is -3.81. The zero-order valence-corrected chi connectivity index (χ0v) is 16.3. The zero-order chi connectivity index (χ0) is 18.3. The van der Waals surface area contributed by atoms with Crippen LogP contribution in [0.4, 0.5) is 0 Å². The number of halogens is 1. The molecule has 0 aliphatic heterocycles. The predicted molar refractivity (Wildman–Crippen MR) is 107 cm³/mol. The van der Waals surface area contributed by atoms with Crippen LogP contribution in [0.15, 0.2) is 70.0 Å². The molecule has 0 saturated carbocycles. The first kappa shape index (κ1) is 17.3. The molecule has 0 aliphatic carbocycles. The highest BCUT2D eigenvalue weighted by molar-refractivity contribution is 7.90. The van der Waals surface area contributed by atoms with Crippen LogP contribution >= 0.6 is 22.9 Å². The van der Waals surface area contributed by atoms with Gasteiger partial charge in [0.15, 0.2) is 0 Å². The van der Waals surface area contributed by atoms with Gasteiger partial charge in [-0.2, -0.15) is 8.42 Å². The molecule has 0 bridgehead atoms. The predicted octanol–water partition coefficient (Wildman–Crippen LogP) is 4.82.